The van der Waals surface area contributed by atoms with Crippen molar-refractivity contribution in [3.05, 3.63) is 51.5 Å². The predicted octanol–water partition coefficient (Wildman–Crippen LogP) is 5.06. The summed E-state index contributed by atoms with van der Waals surface area (Å²) >= 11 is 17.1. The molecule has 2 aromatic rings. The Balaban J connectivity index is 2.34. The van der Waals surface area contributed by atoms with Gasteiger partial charge in [-0.1, -0.05) is 35.3 Å². The second kappa shape index (κ2) is 6.52. The highest BCUT2D eigenvalue weighted by molar-refractivity contribution is 7.80. The fourth-order valence-corrected chi connectivity index (χ4v) is 2.48. The van der Waals surface area contributed by atoms with Crippen LogP contribution in [0.15, 0.2) is 30.3 Å². The molecule has 0 atom stereocenters. The van der Waals surface area contributed by atoms with E-state index in [1.54, 1.807) is 12.1 Å². The summed E-state index contributed by atoms with van der Waals surface area (Å²) in [5.74, 6) is 1.31. The summed E-state index contributed by atoms with van der Waals surface area (Å²) < 4.78 is 5.85. The third-order valence-corrected chi connectivity index (χ3v) is 3.74. The van der Waals surface area contributed by atoms with Crippen LogP contribution in [0.3, 0.4) is 0 Å². The van der Waals surface area contributed by atoms with Gasteiger partial charge in [-0.25, -0.2) is 0 Å². The molecule has 0 heterocycles. The van der Waals surface area contributed by atoms with Crippen molar-refractivity contribution < 1.29 is 4.74 Å². The van der Waals surface area contributed by atoms with Gasteiger partial charge in [0.25, 0.3) is 0 Å². The maximum atomic E-state index is 6.17. The molecule has 0 radical (unpaired) electrons. The van der Waals surface area contributed by atoms with Crippen molar-refractivity contribution in [3.63, 3.8) is 0 Å². The van der Waals surface area contributed by atoms with E-state index in [2.05, 4.69) is 5.32 Å². The van der Waals surface area contributed by atoms with Crippen molar-refractivity contribution in [2.24, 2.45) is 5.73 Å². The van der Waals surface area contributed by atoms with Crippen LogP contribution in [-0.4, -0.2) is 5.11 Å². The number of hydrogen-bond acceptors (Lipinski definition) is 2. The van der Waals surface area contributed by atoms with E-state index in [1.165, 1.54) is 0 Å². The molecule has 0 saturated heterocycles. The van der Waals surface area contributed by atoms with Gasteiger partial charge in [-0.2, -0.15) is 0 Å². The standard InChI is InChI=1S/C15H14Cl2N2OS/c1-8-4-3-5-13(9(8)2)20-10-6-11(16)14(12(17)7-10)19-15(18)21/h3-7H,1-2H3,(H3,18,19,21). The maximum Gasteiger partial charge on any atom is 0.168 e. The molecule has 0 aliphatic carbocycles. The van der Waals surface area contributed by atoms with Crippen molar-refractivity contribution in [1.82, 2.24) is 0 Å². The van der Waals surface area contributed by atoms with Crippen LogP contribution in [0.5, 0.6) is 11.5 Å². The predicted molar refractivity (Wildman–Crippen MR) is 92.9 cm³/mol. The molecule has 0 saturated carbocycles. The summed E-state index contributed by atoms with van der Waals surface area (Å²) in [6.45, 7) is 4.02. The Hall–Kier alpha value is -1.49. The Morgan fingerprint density at radius 3 is 2.38 bits per heavy atom. The number of halogens is 2. The number of aryl methyl sites for hydroxylation is 1. The lowest BCUT2D eigenvalue weighted by Gasteiger charge is -2.14. The molecule has 0 unspecified atom stereocenters. The minimum Gasteiger partial charge on any atom is -0.457 e. The largest absolute Gasteiger partial charge is 0.457 e. The number of benzene rings is 2. The molecular formula is C15H14Cl2N2OS. The lowest BCUT2D eigenvalue weighted by molar-refractivity contribution is 0.478. The highest BCUT2D eigenvalue weighted by Gasteiger charge is 2.11. The highest BCUT2D eigenvalue weighted by Crippen LogP contribution is 2.37. The average Bonchev–Trinajstić information content (AvgIpc) is 2.39. The van der Waals surface area contributed by atoms with Crippen molar-refractivity contribution >= 4 is 46.2 Å². The second-order valence-electron chi connectivity index (χ2n) is 4.55. The summed E-state index contributed by atoms with van der Waals surface area (Å²) in [5, 5.41) is 3.61. The van der Waals surface area contributed by atoms with Gasteiger partial charge >= 0.3 is 0 Å². The summed E-state index contributed by atoms with van der Waals surface area (Å²) in [6, 6.07) is 9.18. The molecule has 0 spiro atoms. The van der Waals surface area contributed by atoms with Crippen LogP contribution in [0, 0.1) is 13.8 Å². The summed E-state index contributed by atoms with van der Waals surface area (Å²) in [4.78, 5) is 0. The first kappa shape index (κ1) is 15.9. The molecule has 0 amide bonds. The second-order valence-corrected chi connectivity index (χ2v) is 5.81. The van der Waals surface area contributed by atoms with Gasteiger partial charge in [0.1, 0.15) is 11.5 Å². The first-order valence-corrected chi connectivity index (χ1v) is 7.34. The molecule has 0 aromatic heterocycles. The molecular weight excluding hydrogens is 327 g/mol. The minimum atomic E-state index is 0.0991. The Bertz CT molecular complexity index is 681. The van der Waals surface area contributed by atoms with Crippen LogP contribution < -0.4 is 15.8 Å². The monoisotopic (exact) mass is 340 g/mol. The van der Waals surface area contributed by atoms with Gasteiger partial charge in [0, 0.05) is 12.1 Å². The Morgan fingerprint density at radius 1 is 1.19 bits per heavy atom. The van der Waals surface area contributed by atoms with Crippen molar-refractivity contribution in [1.29, 1.82) is 0 Å². The molecule has 3 N–H and O–H groups in total. The number of anilines is 1. The number of rotatable bonds is 3. The van der Waals surface area contributed by atoms with Gasteiger partial charge in [0.2, 0.25) is 0 Å². The first-order valence-electron chi connectivity index (χ1n) is 6.18. The van der Waals surface area contributed by atoms with E-state index in [0.29, 0.717) is 21.5 Å². The Morgan fingerprint density at radius 2 is 1.81 bits per heavy atom. The molecule has 0 aliphatic heterocycles. The molecule has 0 bridgehead atoms. The molecule has 2 aromatic carbocycles. The van der Waals surface area contributed by atoms with Gasteiger partial charge in [0.15, 0.2) is 5.11 Å². The zero-order valence-corrected chi connectivity index (χ0v) is 13.9. The molecule has 2 rings (SSSR count). The van der Waals surface area contributed by atoms with Gasteiger partial charge in [0.05, 0.1) is 15.7 Å². The van der Waals surface area contributed by atoms with E-state index < -0.39 is 0 Å². The lowest BCUT2D eigenvalue weighted by Crippen LogP contribution is -2.19. The zero-order valence-electron chi connectivity index (χ0n) is 11.5. The number of nitrogens with one attached hydrogen (secondary N) is 1. The van der Waals surface area contributed by atoms with Crippen LogP contribution in [0.1, 0.15) is 11.1 Å². The van der Waals surface area contributed by atoms with E-state index in [0.717, 1.165) is 16.9 Å². The van der Waals surface area contributed by atoms with E-state index in [-0.39, 0.29) is 5.11 Å². The minimum absolute atomic E-state index is 0.0991. The normalized spacial score (nSPS) is 10.3. The van der Waals surface area contributed by atoms with E-state index in [1.807, 2.05) is 32.0 Å². The summed E-state index contributed by atoms with van der Waals surface area (Å²) in [6.07, 6.45) is 0. The molecule has 21 heavy (non-hydrogen) atoms. The fraction of sp³-hybridized carbons (Fsp3) is 0.133. The lowest BCUT2D eigenvalue weighted by atomic mass is 10.1. The van der Waals surface area contributed by atoms with Crippen LogP contribution >= 0.6 is 35.4 Å². The average molecular weight is 341 g/mol. The van der Waals surface area contributed by atoms with Crippen LogP contribution in [0.4, 0.5) is 5.69 Å². The molecule has 3 nitrogen and oxygen atoms in total. The van der Waals surface area contributed by atoms with Gasteiger partial charge in [-0.3, -0.25) is 0 Å². The fourth-order valence-electron chi connectivity index (χ4n) is 1.81. The third kappa shape index (κ3) is 3.79. The molecule has 0 aliphatic rings. The molecule has 110 valence electrons. The van der Waals surface area contributed by atoms with E-state index in [9.17, 15) is 0 Å². The zero-order chi connectivity index (χ0) is 15.6. The van der Waals surface area contributed by atoms with Crippen LogP contribution in [0.2, 0.25) is 10.0 Å². The Labute approximate surface area is 139 Å². The van der Waals surface area contributed by atoms with Gasteiger partial charge in [-0.05, 0) is 43.3 Å². The van der Waals surface area contributed by atoms with Crippen LogP contribution in [-0.2, 0) is 0 Å². The SMILES string of the molecule is Cc1cccc(Oc2cc(Cl)c(NC(N)=S)c(Cl)c2)c1C. The third-order valence-electron chi connectivity index (χ3n) is 3.05. The van der Waals surface area contributed by atoms with E-state index >= 15 is 0 Å². The topological polar surface area (TPSA) is 47.3 Å². The first-order chi connectivity index (χ1) is 9.88. The Kier molecular flexibility index (Phi) is 4.93. The molecule has 6 heteroatoms. The van der Waals surface area contributed by atoms with Gasteiger partial charge in [-0.15, -0.1) is 0 Å². The van der Waals surface area contributed by atoms with Crippen molar-refractivity contribution in [3.8, 4) is 11.5 Å². The highest BCUT2D eigenvalue weighted by atomic mass is 35.5. The van der Waals surface area contributed by atoms with Gasteiger partial charge < -0.3 is 15.8 Å². The summed E-state index contributed by atoms with van der Waals surface area (Å²) in [5.41, 5.74) is 8.12. The van der Waals surface area contributed by atoms with Crippen molar-refractivity contribution in [2.75, 3.05) is 5.32 Å². The maximum absolute atomic E-state index is 6.17. The van der Waals surface area contributed by atoms with Crippen LogP contribution in [0.25, 0.3) is 0 Å². The number of nitrogens with two attached hydrogens (primary N) is 1. The van der Waals surface area contributed by atoms with E-state index in [4.69, 9.17) is 45.9 Å². The quantitative estimate of drug-likeness (QED) is 0.766. The molecule has 0 fully saturated rings. The number of thiocarbonyl (C=S) groups is 1. The number of hydrogen-bond donors (Lipinski definition) is 2. The summed E-state index contributed by atoms with van der Waals surface area (Å²) in [7, 11) is 0. The smallest absolute Gasteiger partial charge is 0.168 e. The van der Waals surface area contributed by atoms with Crippen molar-refractivity contribution in [2.45, 2.75) is 13.8 Å². The number of ether oxygens (including phenoxy) is 1.